The Hall–Kier alpha value is -0.810. The van der Waals surface area contributed by atoms with Gasteiger partial charge in [-0.25, -0.2) is 0 Å². The van der Waals surface area contributed by atoms with Gasteiger partial charge in [0.05, 0.1) is 0 Å². The molecule has 0 saturated heterocycles. The fraction of sp³-hybridized carbons (Fsp3) is 0.750. The summed E-state index contributed by atoms with van der Waals surface area (Å²) in [6, 6.07) is 0. The average molecular weight is 256 g/mol. The van der Waals surface area contributed by atoms with Crippen molar-refractivity contribution < 1.29 is 0 Å². The van der Waals surface area contributed by atoms with Crippen LogP contribution in [0.1, 0.15) is 19.4 Å². The molecule has 0 bridgehead atoms. The predicted octanol–water partition coefficient (Wildman–Crippen LogP) is 2.06. The van der Waals surface area contributed by atoms with Crippen LogP contribution in [0.25, 0.3) is 0 Å². The predicted molar refractivity (Wildman–Crippen MR) is 76.9 cm³/mol. The Labute approximate surface area is 109 Å². The first-order chi connectivity index (χ1) is 7.91. The number of anilines is 2. The highest BCUT2D eigenvalue weighted by Gasteiger charge is 2.15. The number of nitrogen functional groups attached to an aromatic ring is 1. The summed E-state index contributed by atoms with van der Waals surface area (Å²) in [7, 11) is 4.20. The summed E-state index contributed by atoms with van der Waals surface area (Å²) in [5, 5.41) is 1.22. The van der Waals surface area contributed by atoms with Crippen LogP contribution in [-0.2, 0) is 0 Å². The van der Waals surface area contributed by atoms with Gasteiger partial charge < -0.3 is 15.5 Å². The van der Waals surface area contributed by atoms with Crippen molar-refractivity contribution in [1.82, 2.24) is 9.27 Å². The van der Waals surface area contributed by atoms with Gasteiger partial charge in [-0.05, 0) is 38.5 Å². The molecule has 0 amide bonds. The molecule has 0 aromatic carbocycles. The van der Waals surface area contributed by atoms with Crippen LogP contribution in [0, 0.1) is 12.8 Å². The van der Waals surface area contributed by atoms with Gasteiger partial charge in [-0.15, -0.1) is 0 Å². The van der Waals surface area contributed by atoms with E-state index >= 15 is 0 Å². The number of nitrogens with zero attached hydrogens (tertiary/aromatic N) is 3. The quantitative estimate of drug-likeness (QED) is 0.846. The molecule has 0 spiro atoms. The highest BCUT2D eigenvalue weighted by Crippen LogP contribution is 2.29. The number of likely N-dealkylation sites (N-methyl/N-ethyl adjacent to an activating group) is 1. The highest BCUT2D eigenvalue weighted by molar-refractivity contribution is 7.10. The molecule has 0 fully saturated rings. The zero-order valence-electron chi connectivity index (χ0n) is 11.5. The summed E-state index contributed by atoms with van der Waals surface area (Å²) >= 11 is 1.51. The summed E-state index contributed by atoms with van der Waals surface area (Å²) in [4.78, 5) is 4.60. The molecule has 0 saturated carbocycles. The van der Waals surface area contributed by atoms with E-state index < -0.39 is 0 Å². The first kappa shape index (κ1) is 14.3. The van der Waals surface area contributed by atoms with Gasteiger partial charge in [0, 0.05) is 25.2 Å². The molecule has 1 rings (SSSR count). The van der Waals surface area contributed by atoms with Crippen LogP contribution in [0.4, 0.5) is 10.8 Å². The van der Waals surface area contributed by atoms with Gasteiger partial charge in [0.25, 0.3) is 0 Å². The lowest BCUT2D eigenvalue weighted by Crippen LogP contribution is -2.34. The minimum atomic E-state index is 0.639. The maximum absolute atomic E-state index is 5.83. The Kier molecular flexibility index (Phi) is 5.21. The van der Waals surface area contributed by atoms with Crippen molar-refractivity contribution in [3.8, 4) is 0 Å². The van der Waals surface area contributed by atoms with Gasteiger partial charge in [0.15, 0.2) is 0 Å². The van der Waals surface area contributed by atoms with Crippen molar-refractivity contribution in [2.24, 2.45) is 5.92 Å². The van der Waals surface area contributed by atoms with Crippen molar-refractivity contribution in [3.05, 3.63) is 5.56 Å². The molecule has 5 heteroatoms. The highest BCUT2D eigenvalue weighted by atomic mass is 32.1. The Morgan fingerprint density at radius 3 is 2.35 bits per heavy atom. The Balaban J connectivity index is 2.78. The lowest BCUT2D eigenvalue weighted by atomic mass is 10.2. The Bertz CT molecular complexity index is 346. The van der Waals surface area contributed by atoms with Gasteiger partial charge in [-0.2, -0.15) is 4.37 Å². The molecule has 0 aliphatic heterocycles. The van der Waals surface area contributed by atoms with Crippen molar-refractivity contribution in [2.75, 3.05) is 44.4 Å². The molecule has 4 nitrogen and oxygen atoms in total. The molecular weight excluding hydrogens is 232 g/mol. The molecule has 17 heavy (non-hydrogen) atoms. The number of hydrogen-bond donors (Lipinski definition) is 1. The molecule has 0 aliphatic carbocycles. The van der Waals surface area contributed by atoms with E-state index in [-0.39, 0.29) is 0 Å². The summed E-state index contributed by atoms with van der Waals surface area (Å²) in [5.41, 5.74) is 6.95. The van der Waals surface area contributed by atoms with Crippen LogP contribution >= 0.6 is 11.5 Å². The second-order valence-corrected chi connectivity index (χ2v) is 5.89. The molecule has 1 aromatic rings. The topological polar surface area (TPSA) is 45.4 Å². The fourth-order valence-corrected chi connectivity index (χ4v) is 2.52. The first-order valence-electron chi connectivity index (χ1n) is 6.03. The molecule has 1 heterocycles. The lowest BCUT2D eigenvalue weighted by molar-refractivity contribution is 0.409. The molecule has 1 aromatic heterocycles. The zero-order valence-corrected chi connectivity index (χ0v) is 12.3. The molecule has 0 atom stereocenters. The third-order valence-corrected chi connectivity index (χ3v) is 3.65. The zero-order chi connectivity index (χ0) is 13.0. The Morgan fingerprint density at radius 2 is 1.94 bits per heavy atom. The standard InChI is InChI=1S/C12H24N4S/c1-9(2)8-16(7-6-15(4)5)12-10(3)11(13)14-17-12/h9H,6-8H2,1-5H3,(H2,13,14). The van der Waals surface area contributed by atoms with Crippen LogP contribution in [0.15, 0.2) is 0 Å². The minimum absolute atomic E-state index is 0.639. The van der Waals surface area contributed by atoms with Gasteiger partial charge in [-0.1, -0.05) is 13.8 Å². The second-order valence-electron chi connectivity index (χ2n) is 5.14. The largest absolute Gasteiger partial charge is 0.383 e. The van der Waals surface area contributed by atoms with Crippen LogP contribution in [0.2, 0.25) is 0 Å². The summed E-state index contributed by atoms with van der Waals surface area (Å²) in [5.74, 6) is 1.31. The first-order valence-corrected chi connectivity index (χ1v) is 6.80. The van der Waals surface area contributed by atoms with E-state index in [1.165, 1.54) is 16.5 Å². The average Bonchev–Trinajstić information content (AvgIpc) is 2.54. The summed E-state index contributed by atoms with van der Waals surface area (Å²) < 4.78 is 4.24. The van der Waals surface area contributed by atoms with Gasteiger partial charge in [0.1, 0.15) is 10.8 Å². The van der Waals surface area contributed by atoms with Crippen LogP contribution in [0.3, 0.4) is 0 Å². The third kappa shape index (κ3) is 4.16. The van der Waals surface area contributed by atoms with Gasteiger partial charge in [0.2, 0.25) is 0 Å². The van der Waals surface area contributed by atoms with Crippen molar-refractivity contribution >= 4 is 22.4 Å². The van der Waals surface area contributed by atoms with Crippen LogP contribution in [-0.4, -0.2) is 43.0 Å². The van der Waals surface area contributed by atoms with Gasteiger partial charge in [-0.3, -0.25) is 0 Å². The van der Waals surface area contributed by atoms with E-state index in [0.29, 0.717) is 11.7 Å². The van der Waals surface area contributed by atoms with E-state index in [0.717, 1.165) is 25.2 Å². The van der Waals surface area contributed by atoms with Gasteiger partial charge >= 0.3 is 0 Å². The molecule has 0 aliphatic rings. The van der Waals surface area contributed by atoms with Crippen molar-refractivity contribution in [3.63, 3.8) is 0 Å². The van der Waals surface area contributed by atoms with Crippen LogP contribution in [0.5, 0.6) is 0 Å². The maximum Gasteiger partial charge on any atom is 0.142 e. The fourth-order valence-electron chi connectivity index (χ4n) is 1.67. The molecule has 0 radical (unpaired) electrons. The maximum atomic E-state index is 5.83. The van der Waals surface area contributed by atoms with E-state index in [2.05, 4.69) is 49.0 Å². The smallest absolute Gasteiger partial charge is 0.142 e. The van der Waals surface area contributed by atoms with E-state index in [1.807, 2.05) is 0 Å². The monoisotopic (exact) mass is 256 g/mol. The van der Waals surface area contributed by atoms with Crippen LogP contribution < -0.4 is 10.6 Å². The molecule has 0 unspecified atom stereocenters. The Morgan fingerprint density at radius 1 is 1.29 bits per heavy atom. The van der Waals surface area contributed by atoms with E-state index in [9.17, 15) is 0 Å². The number of aromatic nitrogens is 1. The normalized spacial score (nSPS) is 11.5. The number of nitrogens with two attached hydrogens (primary N) is 1. The molecular formula is C12H24N4S. The summed E-state index contributed by atoms with van der Waals surface area (Å²) in [6.45, 7) is 9.65. The van der Waals surface area contributed by atoms with E-state index in [1.54, 1.807) is 0 Å². The second kappa shape index (κ2) is 6.21. The SMILES string of the molecule is Cc1c(N)nsc1N(CCN(C)C)CC(C)C. The molecule has 2 N–H and O–H groups in total. The van der Waals surface area contributed by atoms with E-state index in [4.69, 9.17) is 5.73 Å². The lowest BCUT2D eigenvalue weighted by Gasteiger charge is -2.27. The minimum Gasteiger partial charge on any atom is -0.383 e. The van der Waals surface area contributed by atoms with Crippen molar-refractivity contribution in [2.45, 2.75) is 20.8 Å². The number of rotatable bonds is 6. The van der Waals surface area contributed by atoms with Crippen molar-refractivity contribution in [1.29, 1.82) is 0 Å². The number of hydrogen-bond acceptors (Lipinski definition) is 5. The third-order valence-electron chi connectivity index (χ3n) is 2.63. The molecule has 98 valence electrons. The summed E-state index contributed by atoms with van der Waals surface area (Å²) in [6.07, 6.45) is 0.